The third-order valence-electron chi connectivity index (χ3n) is 4.64. The number of nitrogens with zero attached hydrogens (tertiary/aromatic N) is 1. The lowest BCUT2D eigenvalue weighted by Crippen LogP contribution is -2.31. The van der Waals surface area contributed by atoms with Crippen molar-refractivity contribution in [1.29, 1.82) is 0 Å². The summed E-state index contributed by atoms with van der Waals surface area (Å²) in [6.45, 7) is 1.54. The minimum atomic E-state index is -0.406. The Hall–Kier alpha value is -3.23. The van der Waals surface area contributed by atoms with E-state index >= 15 is 0 Å². The third-order valence-corrected chi connectivity index (χ3v) is 4.64. The molecule has 0 unspecified atom stereocenters. The third kappa shape index (κ3) is 4.79. The first-order valence-corrected chi connectivity index (χ1v) is 9.35. The van der Waals surface area contributed by atoms with E-state index in [9.17, 15) is 14.4 Å². The first-order chi connectivity index (χ1) is 14.0. The van der Waals surface area contributed by atoms with E-state index in [0.29, 0.717) is 49.5 Å². The molecular formula is C21H24N4O4. The van der Waals surface area contributed by atoms with Crippen LogP contribution in [-0.2, 0) is 17.8 Å². The van der Waals surface area contributed by atoms with Crippen molar-refractivity contribution >= 4 is 23.5 Å². The second-order valence-corrected chi connectivity index (χ2v) is 6.70. The maximum absolute atomic E-state index is 12.5. The molecule has 2 aromatic rings. The van der Waals surface area contributed by atoms with Crippen molar-refractivity contribution in [3.8, 4) is 0 Å². The number of hydrogen-bond acceptors (Lipinski definition) is 5. The largest absolute Gasteiger partial charge is 0.385 e. The van der Waals surface area contributed by atoms with E-state index in [2.05, 4.69) is 10.6 Å². The number of rotatable bonds is 8. The number of imide groups is 1. The lowest BCUT2D eigenvalue weighted by Gasteiger charge is -2.12. The molecule has 1 heterocycles. The molecule has 0 bridgehead atoms. The van der Waals surface area contributed by atoms with Crippen LogP contribution in [0.3, 0.4) is 0 Å². The van der Waals surface area contributed by atoms with Crippen LogP contribution in [-0.4, -0.2) is 43.0 Å². The van der Waals surface area contributed by atoms with Crippen molar-refractivity contribution in [2.45, 2.75) is 19.5 Å². The molecule has 3 rings (SSSR count). The molecule has 8 nitrogen and oxygen atoms in total. The molecule has 152 valence electrons. The number of methoxy groups -OCH3 is 1. The van der Waals surface area contributed by atoms with Crippen molar-refractivity contribution in [1.82, 2.24) is 10.2 Å². The van der Waals surface area contributed by atoms with Crippen molar-refractivity contribution in [3.63, 3.8) is 0 Å². The Balaban J connectivity index is 1.61. The zero-order valence-corrected chi connectivity index (χ0v) is 16.2. The molecule has 8 heteroatoms. The summed E-state index contributed by atoms with van der Waals surface area (Å²) in [7, 11) is 1.57. The van der Waals surface area contributed by atoms with Gasteiger partial charge >= 0.3 is 6.03 Å². The highest BCUT2D eigenvalue weighted by atomic mass is 16.5. The molecule has 0 radical (unpaired) electrons. The van der Waals surface area contributed by atoms with Crippen molar-refractivity contribution < 1.29 is 19.1 Å². The smallest absolute Gasteiger partial charge is 0.319 e. The van der Waals surface area contributed by atoms with Gasteiger partial charge in [0.25, 0.3) is 11.8 Å². The van der Waals surface area contributed by atoms with Crippen LogP contribution in [0.25, 0.3) is 0 Å². The number of anilines is 1. The average Bonchev–Trinajstić information content (AvgIpc) is 2.97. The van der Waals surface area contributed by atoms with Gasteiger partial charge in [-0.3, -0.25) is 14.5 Å². The number of nitrogens with two attached hydrogens (primary N) is 1. The fourth-order valence-corrected chi connectivity index (χ4v) is 3.16. The van der Waals surface area contributed by atoms with E-state index in [-0.39, 0.29) is 11.8 Å². The minimum Gasteiger partial charge on any atom is -0.385 e. The van der Waals surface area contributed by atoms with Gasteiger partial charge in [0.15, 0.2) is 0 Å². The number of ether oxygens (including phenoxy) is 1. The Morgan fingerprint density at radius 1 is 1.07 bits per heavy atom. The molecule has 1 aliphatic rings. The molecule has 0 aliphatic carbocycles. The molecule has 4 amide bonds. The van der Waals surface area contributed by atoms with E-state index < -0.39 is 6.03 Å². The topological polar surface area (TPSA) is 114 Å². The zero-order chi connectivity index (χ0) is 20.8. The number of benzene rings is 2. The standard InChI is InChI=1S/C21H24N4O4/c1-29-9-3-8-25-19(26)17-7-6-16(11-18(17)20(25)27)24-21(28)23-13-15-5-2-4-14(10-15)12-22/h2,4-7,10-11H,3,8-9,12-13,22H2,1H3,(H2,23,24,28). The fourth-order valence-electron chi connectivity index (χ4n) is 3.16. The van der Waals surface area contributed by atoms with Crippen LogP contribution in [0, 0.1) is 0 Å². The van der Waals surface area contributed by atoms with Crippen LogP contribution in [0.5, 0.6) is 0 Å². The molecule has 29 heavy (non-hydrogen) atoms. The van der Waals surface area contributed by atoms with Crippen LogP contribution in [0.4, 0.5) is 10.5 Å². The molecule has 1 aliphatic heterocycles. The monoisotopic (exact) mass is 396 g/mol. The highest BCUT2D eigenvalue weighted by molar-refractivity contribution is 6.21. The highest BCUT2D eigenvalue weighted by Gasteiger charge is 2.35. The van der Waals surface area contributed by atoms with Gasteiger partial charge in [-0.1, -0.05) is 24.3 Å². The van der Waals surface area contributed by atoms with Gasteiger partial charge in [-0.2, -0.15) is 0 Å². The summed E-state index contributed by atoms with van der Waals surface area (Å²) in [4.78, 5) is 38.3. The number of amides is 4. The van der Waals surface area contributed by atoms with E-state index in [1.807, 2.05) is 24.3 Å². The quantitative estimate of drug-likeness (QED) is 0.467. The molecule has 2 aromatic carbocycles. The maximum atomic E-state index is 12.5. The normalized spacial score (nSPS) is 12.8. The van der Waals surface area contributed by atoms with Crippen LogP contribution in [0.15, 0.2) is 42.5 Å². The maximum Gasteiger partial charge on any atom is 0.319 e. The minimum absolute atomic E-state index is 0.292. The number of urea groups is 1. The van der Waals surface area contributed by atoms with Crippen LogP contribution < -0.4 is 16.4 Å². The van der Waals surface area contributed by atoms with Gasteiger partial charge in [-0.15, -0.1) is 0 Å². The predicted molar refractivity (Wildman–Crippen MR) is 108 cm³/mol. The first-order valence-electron chi connectivity index (χ1n) is 9.35. The average molecular weight is 396 g/mol. The Morgan fingerprint density at radius 2 is 1.83 bits per heavy atom. The van der Waals surface area contributed by atoms with Crippen LogP contribution in [0.2, 0.25) is 0 Å². The molecule has 0 aromatic heterocycles. The van der Waals surface area contributed by atoms with E-state index in [1.165, 1.54) is 11.0 Å². The predicted octanol–water partition coefficient (Wildman–Crippen LogP) is 2.10. The highest BCUT2D eigenvalue weighted by Crippen LogP contribution is 2.26. The summed E-state index contributed by atoms with van der Waals surface area (Å²) >= 11 is 0. The Labute approximate surface area is 169 Å². The van der Waals surface area contributed by atoms with Crippen molar-refractivity contribution in [3.05, 3.63) is 64.7 Å². The van der Waals surface area contributed by atoms with Gasteiger partial charge < -0.3 is 21.1 Å². The van der Waals surface area contributed by atoms with Gasteiger partial charge in [0.05, 0.1) is 11.1 Å². The van der Waals surface area contributed by atoms with Crippen LogP contribution in [0.1, 0.15) is 38.3 Å². The summed E-state index contributed by atoms with van der Waals surface area (Å²) in [5, 5.41) is 5.46. The molecule has 0 spiro atoms. The lowest BCUT2D eigenvalue weighted by molar-refractivity contribution is 0.0638. The van der Waals surface area contributed by atoms with E-state index in [4.69, 9.17) is 10.5 Å². The summed E-state index contributed by atoms with van der Waals surface area (Å²) in [6, 6.07) is 11.9. The summed E-state index contributed by atoms with van der Waals surface area (Å²) in [5.74, 6) is -0.680. The first kappa shape index (κ1) is 20.5. The van der Waals surface area contributed by atoms with E-state index in [1.54, 1.807) is 19.2 Å². The Morgan fingerprint density at radius 3 is 2.59 bits per heavy atom. The van der Waals surface area contributed by atoms with Gasteiger partial charge in [0.2, 0.25) is 0 Å². The summed E-state index contributed by atoms with van der Waals surface area (Å²) in [5.41, 5.74) is 8.63. The van der Waals surface area contributed by atoms with E-state index in [0.717, 1.165) is 11.1 Å². The second-order valence-electron chi connectivity index (χ2n) is 6.70. The molecule has 0 saturated heterocycles. The Bertz CT molecular complexity index is 929. The molecule has 0 fully saturated rings. The van der Waals surface area contributed by atoms with Crippen molar-refractivity contribution in [2.75, 3.05) is 25.6 Å². The lowest BCUT2D eigenvalue weighted by atomic mass is 10.1. The Kier molecular flexibility index (Phi) is 6.58. The van der Waals surface area contributed by atoms with Crippen molar-refractivity contribution in [2.24, 2.45) is 5.73 Å². The SMILES string of the molecule is COCCCN1C(=O)c2ccc(NC(=O)NCc3cccc(CN)c3)cc2C1=O. The van der Waals surface area contributed by atoms with Gasteiger partial charge in [0, 0.05) is 39.0 Å². The number of carbonyl (C=O) groups excluding carboxylic acids is 3. The molecular weight excluding hydrogens is 372 g/mol. The summed E-state index contributed by atoms with van der Waals surface area (Å²) < 4.78 is 4.97. The van der Waals surface area contributed by atoms with Gasteiger partial charge in [0.1, 0.15) is 0 Å². The molecule has 0 atom stereocenters. The second kappa shape index (κ2) is 9.31. The number of nitrogens with one attached hydrogen (secondary N) is 2. The molecule has 0 saturated carbocycles. The number of hydrogen-bond donors (Lipinski definition) is 3. The zero-order valence-electron chi connectivity index (χ0n) is 16.2. The van der Waals surface area contributed by atoms with Gasteiger partial charge in [-0.05, 0) is 35.7 Å². The molecule has 4 N–H and O–H groups in total. The fraction of sp³-hybridized carbons (Fsp3) is 0.286. The number of fused-ring (bicyclic) bond motifs is 1. The van der Waals surface area contributed by atoms with Crippen LogP contribution >= 0.6 is 0 Å². The summed E-state index contributed by atoms with van der Waals surface area (Å²) in [6.07, 6.45) is 0.570. The van der Waals surface area contributed by atoms with Gasteiger partial charge in [-0.25, -0.2) is 4.79 Å². The number of carbonyl (C=O) groups is 3.